The average molecular weight is 467 g/mol. The molecule has 0 heterocycles. The highest BCUT2D eigenvalue weighted by atomic mass is 79.9. The van der Waals surface area contributed by atoms with Gasteiger partial charge in [0, 0.05) is 10.2 Å². The van der Waals surface area contributed by atoms with Crippen LogP contribution in [0.2, 0.25) is 0 Å². The predicted octanol–water partition coefficient (Wildman–Crippen LogP) is 4.31. The third-order valence-corrected chi connectivity index (χ3v) is 5.27. The second-order valence-corrected chi connectivity index (χ2v) is 7.73. The van der Waals surface area contributed by atoms with E-state index in [1.165, 1.54) is 24.3 Å². The van der Waals surface area contributed by atoms with Crippen molar-refractivity contribution >= 4 is 31.5 Å². The Morgan fingerprint density at radius 3 is 2.15 bits per heavy atom. The van der Waals surface area contributed by atoms with Crippen LogP contribution in [0.4, 0.5) is 18.9 Å². The summed E-state index contributed by atoms with van der Waals surface area (Å²) in [5.41, 5.74) is 0.120. The minimum Gasteiger partial charge on any atom is -0.406 e. The van der Waals surface area contributed by atoms with Gasteiger partial charge in [0.05, 0.1) is 16.0 Å². The van der Waals surface area contributed by atoms with Gasteiger partial charge in [0.25, 0.3) is 9.84 Å². The van der Waals surface area contributed by atoms with Crippen molar-refractivity contribution in [2.24, 2.45) is 0 Å². The Bertz CT molecular complexity index is 958. The van der Waals surface area contributed by atoms with E-state index in [4.69, 9.17) is 0 Å². The van der Waals surface area contributed by atoms with E-state index >= 15 is 0 Å². The van der Waals surface area contributed by atoms with Crippen LogP contribution in [0.15, 0.2) is 69.1 Å². The lowest BCUT2D eigenvalue weighted by atomic mass is 10.3. The molecule has 0 saturated carbocycles. The number of hydrogen-bond donors (Lipinski definition) is 1. The van der Waals surface area contributed by atoms with Crippen molar-refractivity contribution in [2.75, 3.05) is 5.32 Å². The Morgan fingerprint density at radius 2 is 1.67 bits per heavy atom. The molecule has 0 aliphatic rings. The first-order valence-electron chi connectivity index (χ1n) is 6.96. The first kappa shape index (κ1) is 20.7. The van der Waals surface area contributed by atoms with Crippen LogP contribution in [0, 0.1) is 10.1 Å². The Morgan fingerprint density at radius 1 is 1.11 bits per heavy atom. The molecule has 0 amide bonds. The Labute approximate surface area is 159 Å². The number of alkyl halides is 3. The molecule has 0 aromatic heterocycles. The van der Waals surface area contributed by atoms with E-state index in [0.29, 0.717) is 10.7 Å². The minimum atomic E-state index is -4.85. The largest absolute Gasteiger partial charge is 0.573 e. The SMILES string of the molecule is O=[N+]([O-])/C(=C/Nc1ccc(OC(F)(F)F)cc1)S(=O)(=O)c1ccc(Br)cc1. The topological polar surface area (TPSA) is 98.5 Å². The maximum Gasteiger partial charge on any atom is 0.573 e. The van der Waals surface area contributed by atoms with Gasteiger partial charge in [-0.15, -0.1) is 13.2 Å². The highest BCUT2D eigenvalue weighted by molar-refractivity contribution is 9.10. The number of hydrogen-bond acceptors (Lipinski definition) is 6. The van der Waals surface area contributed by atoms with Gasteiger partial charge in [-0.3, -0.25) is 10.1 Å². The summed E-state index contributed by atoms with van der Waals surface area (Å²) in [4.78, 5) is 9.82. The van der Waals surface area contributed by atoms with Crippen LogP contribution < -0.4 is 10.1 Å². The monoisotopic (exact) mass is 466 g/mol. The summed E-state index contributed by atoms with van der Waals surface area (Å²) in [5, 5.41) is 12.4. The third-order valence-electron chi connectivity index (χ3n) is 3.03. The highest BCUT2D eigenvalue weighted by Crippen LogP contribution is 2.25. The molecule has 0 unspecified atom stereocenters. The molecule has 27 heavy (non-hydrogen) atoms. The number of nitro groups is 1. The van der Waals surface area contributed by atoms with Crippen LogP contribution in [0.25, 0.3) is 0 Å². The van der Waals surface area contributed by atoms with Gasteiger partial charge in [-0.2, -0.15) is 0 Å². The van der Waals surface area contributed by atoms with Crippen molar-refractivity contribution in [3.8, 4) is 5.75 Å². The molecular formula is C15H10BrF3N2O5S. The van der Waals surface area contributed by atoms with Gasteiger partial charge in [-0.05, 0) is 48.5 Å². The summed E-state index contributed by atoms with van der Waals surface area (Å²) < 4.78 is 65.4. The summed E-state index contributed by atoms with van der Waals surface area (Å²) in [6, 6.07) is 9.44. The number of sulfone groups is 1. The first-order chi connectivity index (χ1) is 12.5. The Hall–Kier alpha value is -2.60. The fourth-order valence-corrected chi connectivity index (χ4v) is 3.27. The smallest absolute Gasteiger partial charge is 0.406 e. The van der Waals surface area contributed by atoms with Gasteiger partial charge in [0.2, 0.25) is 0 Å². The molecule has 1 N–H and O–H groups in total. The van der Waals surface area contributed by atoms with Gasteiger partial charge in [-0.1, -0.05) is 15.9 Å². The molecule has 12 heteroatoms. The van der Waals surface area contributed by atoms with Crippen LogP contribution in [0.5, 0.6) is 5.75 Å². The number of rotatable bonds is 6. The van der Waals surface area contributed by atoms with Crippen molar-refractivity contribution in [3.63, 3.8) is 0 Å². The molecule has 0 atom stereocenters. The number of halogens is 4. The molecule has 0 aliphatic carbocycles. The lowest BCUT2D eigenvalue weighted by Gasteiger charge is -2.09. The zero-order chi connectivity index (χ0) is 20.2. The maximum absolute atomic E-state index is 12.4. The van der Waals surface area contributed by atoms with Gasteiger partial charge < -0.3 is 10.1 Å². The van der Waals surface area contributed by atoms with Crippen molar-refractivity contribution in [1.29, 1.82) is 0 Å². The average Bonchev–Trinajstić information content (AvgIpc) is 2.55. The quantitative estimate of drug-likeness (QED) is 0.503. The highest BCUT2D eigenvalue weighted by Gasteiger charge is 2.32. The predicted molar refractivity (Wildman–Crippen MR) is 93.2 cm³/mol. The number of nitrogens with one attached hydrogen (secondary N) is 1. The molecule has 0 saturated heterocycles. The van der Waals surface area contributed by atoms with E-state index in [-0.39, 0.29) is 10.6 Å². The molecule has 7 nitrogen and oxygen atoms in total. The number of benzene rings is 2. The summed E-state index contributed by atoms with van der Waals surface area (Å²) >= 11 is 3.13. The molecule has 2 aromatic rings. The molecule has 0 bridgehead atoms. The van der Waals surface area contributed by atoms with E-state index in [0.717, 1.165) is 24.3 Å². The Kier molecular flexibility index (Phi) is 6.11. The first-order valence-corrected chi connectivity index (χ1v) is 9.24. The number of ether oxygens (including phenoxy) is 1. The second kappa shape index (κ2) is 7.96. The van der Waals surface area contributed by atoms with Gasteiger partial charge in [0.1, 0.15) is 5.75 Å². The molecule has 0 radical (unpaired) electrons. The summed E-state index contributed by atoms with van der Waals surface area (Å²) in [7, 11) is -4.41. The standard InChI is InChI=1S/C15H10BrF3N2O5S/c16-10-1-7-13(8-2-10)27(24,25)14(21(22)23)9-20-11-3-5-12(6-4-11)26-15(17,18)19/h1-9,20H/b14-9-. The van der Waals surface area contributed by atoms with E-state index < -0.39 is 31.9 Å². The molecule has 0 spiro atoms. The fourth-order valence-electron chi connectivity index (χ4n) is 1.86. The van der Waals surface area contributed by atoms with Crippen molar-refractivity contribution < 1.29 is 31.2 Å². The van der Waals surface area contributed by atoms with Gasteiger partial charge in [0.15, 0.2) is 0 Å². The van der Waals surface area contributed by atoms with Crippen LogP contribution in [-0.2, 0) is 9.84 Å². The van der Waals surface area contributed by atoms with E-state index in [2.05, 4.69) is 26.0 Å². The number of anilines is 1. The van der Waals surface area contributed by atoms with Gasteiger partial charge in [-0.25, -0.2) is 8.42 Å². The van der Waals surface area contributed by atoms with E-state index in [1.807, 2.05) is 0 Å². The second-order valence-electron chi connectivity index (χ2n) is 4.91. The van der Waals surface area contributed by atoms with E-state index in [1.54, 1.807) is 0 Å². The Balaban J connectivity index is 2.25. The third kappa shape index (κ3) is 5.69. The normalized spacial score (nSPS) is 12.5. The minimum absolute atomic E-state index is 0.120. The molecule has 2 rings (SSSR count). The number of nitrogens with zero attached hydrogens (tertiary/aromatic N) is 1. The summed E-state index contributed by atoms with van der Waals surface area (Å²) in [6.45, 7) is 0. The zero-order valence-corrected chi connectivity index (χ0v) is 15.5. The molecular weight excluding hydrogens is 457 g/mol. The fraction of sp³-hybridized carbons (Fsp3) is 0.0667. The van der Waals surface area contributed by atoms with E-state index in [9.17, 15) is 31.7 Å². The molecule has 0 fully saturated rings. The maximum atomic E-state index is 12.4. The van der Waals surface area contributed by atoms with Gasteiger partial charge >= 0.3 is 11.4 Å². The molecule has 0 aliphatic heterocycles. The van der Waals surface area contributed by atoms with Crippen molar-refractivity contribution in [1.82, 2.24) is 0 Å². The van der Waals surface area contributed by atoms with Crippen LogP contribution in [0.1, 0.15) is 0 Å². The van der Waals surface area contributed by atoms with Crippen molar-refractivity contribution in [2.45, 2.75) is 11.3 Å². The zero-order valence-electron chi connectivity index (χ0n) is 13.1. The van der Waals surface area contributed by atoms with Crippen LogP contribution in [-0.4, -0.2) is 19.7 Å². The molecule has 144 valence electrons. The van der Waals surface area contributed by atoms with Crippen molar-refractivity contribution in [3.05, 3.63) is 74.3 Å². The van der Waals surface area contributed by atoms with Crippen LogP contribution >= 0.6 is 15.9 Å². The lowest BCUT2D eigenvalue weighted by molar-refractivity contribution is -0.411. The summed E-state index contributed by atoms with van der Waals surface area (Å²) in [5.74, 6) is -0.492. The molecule has 2 aromatic carbocycles. The summed E-state index contributed by atoms with van der Waals surface area (Å²) in [6.07, 6.45) is -4.20. The van der Waals surface area contributed by atoms with Crippen LogP contribution in [0.3, 0.4) is 0 Å². The lowest BCUT2D eigenvalue weighted by Crippen LogP contribution is -2.17.